The van der Waals surface area contributed by atoms with Gasteiger partial charge in [-0.2, -0.15) is 0 Å². The number of carbonyl (C=O) groups excluding carboxylic acids is 3. The summed E-state index contributed by atoms with van der Waals surface area (Å²) >= 11 is 0. The smallest absolute Gasteiger partial charge is 0.408 e. The quantitative estimate of drug-likeness (QED) is 0.144. The minimum absolute atomic E-state index is 0.0798. The Labute approximate surface area is 291 Å². The Kier molecular flexibility index (Phi) is 10.1. The Morgan fingerprint density at radius 1 is 0.940 bits per heavy atom. The molecular weight excluding hydrogens is 638 g/mol. The molecule has 0 radical (unpaired) electrons. The highest BCUT2D eigenvalue weighted by Gasteiger charge is 2.48. The Morgan fingerprint density at radius 3 is 2.34 bits per heavy atom. The van der Waals surface area contributed by atoms with E-state index in [0.29, 0.717) is 51.1 Å². The van der Waals surface area contributed by atoms with Gasteiger partial charge in [-0.3, -0.25) is 9.78 Å². The average molecular weight is 682 g/mol. The third kappa shape index (κ3) is 8.45. The van der Waals surface area contributed by atoms with E-state index in [0.717, 1.165) is 32.1 Å². The third-order valence-electron chi connectivity index (χ3n) is 9.00. The molecule has 0 spiro atoms. The van der Waals surface area contributed by atoms with Crippen LogP contribution in [0.15, 0.2) is 79.0 Å². The van der Waals surface area contributed by atoms with Crippen LogP contribution in [0.25, 0.3) is 10.9 Å². The summed E-state index contributed by atoms with van der Waals surface area (Å²) in [6, 6.07) is 20.4. The fourth-order valence-corrected chi connectivity index (χ4v) is 6.57. The zero-order chi connectivity index (χ0) is 35.3. The van der Waals surface area contributed by atoms with Crippen LogP contribution in [0.3, 0.4) is 0 Å². The number of hydrogen-bond donors (Lipinski definition) is 2. The first-order valence-electron chi connectivity index (χ1n) is 17.0. The highest BCUT2D eigenvalue weighted by atomic mass is 16.6. The summed E-state index contributed by atoms with van der Waals surface area (Å²) in [5.74, 6) is 1.89. The monoisotopic (exact) mass is 681 g/mol. The topological polar surface area (TPSA) is 134 Å². The number of benzene rings is 3. The summed E-state index contributed by atoms with van der Waals surface area (Å²) in [6.07, 6.45) is 5.79. The van der Waals surface area contributed by atoms with Crippen LogP contribution in [0.4, 0.5) is 10.5 Å². The predicted molar refractivity (Wildman–Crippen MR) is 188 cm³/mol. The van der Waals surface area contributed by atoms with E-state index in [4.69, 9.17) is 23.7 Å². The largest absolute Gasteiger partial charge is 0.493 e. The highest BCUT2D eigenvalue weighted by Crippen LogP contribution is 2.50. The number of esters is 1. The van der Waals surface area contributed by atoms with E-state index < -0.39 is 29.3 Å². The van der Waals surface area contributed by atoms with E-state index in [1.165, 1.54) is 7.11 Å². The molecule has 1 aromatic heterocycles. The van der Waals surface area contributed by atoms with Gasteiger partial charge in [-0.15, -0.1) is 0 Å². The van der Waals surface area contributed by atoms with Crippen LogP contribution in [-0.2, 0) is 14.3 Å². The Hall–Kier alpha value is -5.32. The Bertz CT molecular complexity index is 1830. The van der Waals surface area contributed by atoms with E-state index in [9.17, 15) is 14.4 Å². The fourth-order valence-electron chi connectivity index (χ4n) is 6.57. The first kappa shape index (κ1) is 34.5. The molecule has 0 aliphatic heterocycles. The zero-order valence-electron chi connectivity index (χ0n) is 28.8. The molecule has 2 amide bonds. The molecule has 2 N–H and O–H groups in total. The number of rotatable bonds is 12. The van der Waals surface area contributed by atoms with Gasteiger partial charge < -0.3 is 34.3 Å². The lowest BCUT2D eigenvalue weighted by atomic mass is 9.97. The van der Waals surface area contributed by atoms with Crippen molar-refractivity contribution in [1.82, 2.24) is 10.3 Å². The second-order valence-corrected chi connectivity index (χ2v) is 13.9. The summed E-state index contributed by atoms with van der Waals surface area (Å²) in [7, 11) is 1.54. The van der Waals surface area contributed by atoms with Crippen molar-refractivity contribution < 1.29 is 38.1 Å². The number of pyridine rings is 1. The lowest BCUT2D eigenvalue weighted by molar-refractivity contribution is -0.161. The van der Waals surface area contributed by atoms with Crippen molar-refractivity contribution in [3.05, 3.63) is 84.6 Å². The lowest BCUT2D eigenvalue weighted by Gasteiger charge is -2.30. The second kappa shape index (κ2) is 14.7. The number of anilines is 1. The molecule has 262 valence electrons. The van der Waals surface area contributed by atoms with Crippen LogP contribution in [0.2, 0.25) is 0 Å². The molecule has 50 heavy (non-hydrogen) atoms. The second-order valence-electron chi connectivity index (χ2n) is 13.9. The minimum atomic E-state index is -0.957. The number of methoxy groups -OCH3 is 1. The normalized spacial score (nSPS) is 18.6. The first-order chi connectivity index (χ1) is 24.0. The van der Waals surface area contributed by atoms with Gasteiger partial charge in [0.25, 0.3) is 5.91 Å². The van der Waals surface area contributed by atoms with Crippen LogP contribution in [0.5, 0.6) is 23.0 Å². The van der Waals surface area contributed by atoms with Crippen LogP contribution < -0.4 is 24.8 Å². The number of amides is 2. The van der Waals surface area contributed by atoms with Crippen molar-refractivity contribution in [3.8, 4) is 23.0 Å². The molecule has 2 saturated carbocycles. The van der Waals surface area contributed by atoms with Crippen molar-refractivity contribution in [2.75, 3.05) is 19.0 Å². The molecule has 0 saturated heterocycles. The molecular formula is C39H43N3O8. The molecule has 2 fully saturated rings. The van der Waals surface area contributed by atoms with Crippen molar-refractivity contribution in [3.63, 3.8) is 0 Å². The average Bonchev–Trinajstić information content (AvgIpc) is 3.69. The van der Waals surface area contributed by atoms with Crippen molar-refractivity contribution in [2.45, 2.75) is 76.5 Å². The first-order valence-corrected chi connectivity index (χ1v) is 17.0. The SMILES string of the molecule is COc1cc2c(Oc3ccc(NC(=O)c4ccccc4)cc3)ccnc2cc1OCCC(NC(=O)OC(C)(C)C)C(=O)OC12CCC(CC1)C2. The van der Waals surface area contributed by atoms with Crippen LogP contribution in [0, 0.1) is 5.92 Å². The van der Waals surface area contributed by atoms with Gasteiger partial charge in [0.05, 0.1) is 19.2 Å². The molecule has 11 heteroatoms. The van der Waals surface area contributed by atoms with Gasteiger partial charge in [0.1, 0.15) is 28.7 Å². The lowest BCUT2D eigenvalue weighted by Crippen LogP contribution is -2.47. The van der Waals surface area contributed by atoms with Gasteiger partial charge in [0, 0.05) is 35.3 Å². The number of ether oxygens (including phenoxy) is 5. The van der Waals surface area contributed by atoms with Gasteiger partial charge in [-0.25, -0.2) is 9.59 Å². The van der Waals surface area contributed by atoms with Crippen LogP contribution in [-0.4, -0.2) is 53.9 Å². The highest BCUT2D eigenvalue weighted by molar-refractivity contribution is 6.04. The summed E-state index contributed by atoms with van der Waals surface area (Å²) in [5, 5.41) is 6.27. The molecule has 11 nitrogen and oxygen atoms in total. The molecule has 2 bridgehead atoms. The van der Waals surface area contributed by atoms with Gasteiger partial charge in [0.2, 0.25) is 0 Å². The summed E-state index contributed by atoms with van der Waals surface area (Å²) < 4.78 is 29.5. The van der Waals surface area contributed by atoms with Crippen molar-refractivity contribution in [2.24, 2.45) is 5.92 Å². The van der Waals surface area contributed by atoms with Crippen LogP contribution >= 0.6 is 0 Å². The molecule has 2 aliphatic rings. The van der Waals surface area contributed by atoms with Gasteiger partial charge in [-0.05, 0) is 107 Å². The molecule has 3 aromatic carbocycles. The third-order valence-corrected chi connectivity index (χ3v) is 9.00. The van der Waals surface area contributed by atoms with Crippen molar-refractivity contribution >= 4 is 34.6 Å². The number of nitrogens with one attached hydrogen (secondary N) is 2. The standard InChI is InChI=1S/C39H43N3O8/c1-38(2,3)50-37(45)42-30(36(44)49-39-18-14-25(24-39)15-19-39)17-21-47-34-23-31-29(22-33(34)46-4)32(16-20-40-31)48-28-12-10-27(11-13-28)41-35(43)26-8-6-5-7-9-26/h5-13,16,20,22-23,25,30H,14-15,17-19,21,24H2,1-4H3,(H,41,43)(H,42,45). The number of hydrogen-bond acceptors (Lipinski definition) is 9. The molecule has 1 heterocycles. The molecule has 1 atom stereocenters. The Balaban J connectivity index is 1.12. The molecule has 1 unspecified atom stereocenters. The summed E-state index contributed by atoms with van der Waals surface area (Å²) in [4.78, 5) is 43.1. The number of alkyl carbamates (subject to hydrolysis) is 1. The zero-order valence-corrected chi connectivity index (χ0v) is 28.8. The molecule has 4 aromatic rings. The minimum Gasteiger partial charge on any atom is -0.493 e. The maximum Gasteiger partial charge on any atom is 0.408 e. The summed E-state index contributed by atoms with van der Waals surface area (Å²) in [5.41, 5.74) is 0.638. The number of nitrogens with zero attached hydrogens (tertiary/aromatic N) is 1. The van der Waals surface area contributed by atoms with Gasteiger partial charge >= 0.3 is 12.1 Å². The number of carbonyl (C=O) groups is 3. The molecule has 6 rings (SSSR count). The number of fused-ring (bicyclic) bond motifs is 3. The maximum absolute atomic E-state index is 13.4. The van der Waals surface area contributed by atoms with Gasteiger partial charge in [-0.1, -0.05) is 18.2 Å². The molecule has 2 aliphatic carbocycles. The van der Waals surface area contributed by atoms with Gasteiger partial charge in [0.15, 0.2) is 11.5 Å². The fraction of sp³-hybridized carbons (Fsp3) is 0.385. The van der Waals surface area contributed by atoms with Crippen molar-refractivity contribution in [1.29, 1.82) is 0 Å². The van der Waals surface area contributed by atoms with E-state index in [1.807, 2.05) is 18.2 Å². The maximum atomic E-state index is 13.4. The van der Waals surface area contributed by atoms with E-state index in [2.05, 4.69) is 15.6 Å². The number of aromatic nitrogens is 1. The van der Waals surface area contributed by atoms with E-state index in [1.54, 1.807) is 81.6 Å². The van der Waals surface area contributed by atoms with E-state index in [-0.39, 0.29) is 18.9 Å². The van der Waals surface area contributed by atoms with E-state index >= 15 is 0 Å². The summed E-state index contributed by atoms with van der Waals surface area (Å²) in [6.45, 7) is 5.37. The van der Waals surface area contributed by atoms with Crippen LogP contribution in [0.1, 0.15) is 69.7 Å². The predicted octanol–water partition coefficient (Wildman–Crippen LogP) is 7.83. The Morgan fingerprint density at radius 2 is 1.68 bits per heavy atom.